The van der Waals surface area contributed by atoms with Crippen LogP contribution >= 0.6 is 0 Å². The average Bonchev–Trinajstić information content (AvgIpc) is 1.36. The van der Waals surface area contributed by atoms with E-state index < -0.39 is 0 Å². The molecule has 0 saturated carbocycles. The van der Waals surface area contributed by atoms with Gasteiger partial charge in [-0.1, -0.05) is 267 Å². The number of hydrogen-bond acceptors (Lipinski definition) is 8. The van der Waals surface area contributed by atoms with Gasteiger partial charge in [-0.2, -0.15) is 0 Å². The van der Waals surface area contributed by atoms with Gasteiger partial charge in [-0.25, -0.2) is 0 Å². The molecule has 0 bridgehead atoms. The summed E-state index contributed by atoms with van der Waals surface area (Å²) < 4.78 is 0. The predicted molar refractivity (Wildman–Crippen MR) is 564 cm³/mol. The number of anilines is 12. The highest BCUT2D eigenvalue weighted by Crippen LogP contribution is 2.64. The van der Waals surface area contributed by atoms with Crippen LogP contribution in [-0.2, 0) is 103 Å². The quantitative estimate of drug-likeness (QED) is 0.149. The van der Waals surface area contributed by atoms with E-state index in [1.165, 1.54) is 336 Å². The van der Waals surface area contributed by atoms with Crippen LogP contribution in [-0.4, -0.2) is 19.9 Å². The molecule has 20 aromatic rings. The maximum Gasteiger partial charge on any atom is 0.0716 e. The zero-order valence-electron chi connectivity index (χ0n) is 77.2. The lowest BCUT2D eigenvalue weighted by molar-refractivity contribution is 0.944. The molecule has 4 aromatic heterocycles. The van der Waals surface area contributed by atoms with Crippen LogP contribution in [0.5, 0.6) is 0 Å². The Morgan fingerprint density at radius 1 is 0.143 bits per heavy atom. The lowest BCUT2D eigenvalue weighted by Gasteiger charge is -2.41. The molecule has 656 valence electrons. The Bertz CT molecular complexity index is 8510. The first-order valence-electron chi connectivity index (χ1n) is 50.3. The van der Waals surface area contributed by atoms with Crippen molar-refractivity contribution in [3.8, 4) is 89.0 Å². The molecule has 0 N–H and O–H groups in total. The van der Waals surface area contributed by atoms with Crippen molar-refractivity contribution in [1.29, 1.82) is 0 Å². The minimum atomic E-state index is 0.900. The van der Waals surface area contributed by atoms with E-state index in [9.17, 15) is 0 Å². The number of benzene rings is 16. The van der Waals surface area contributed by atoms with Gasteiger partial charge in [-0.05, 0) is 319 Å². The van der Waals surface area contributed by atoms with Crippen LogP contribution in [0, 0.1) is 0 Å². The average molecular weight is 1790 g/mol. The summed E-state index contributed by atoms with van der Waals surface area (Å²) in [5, 5.41) is 0. The van der Waals surface area contributed by atoms with Gasteiger partial charge in [0, 0.05) is 108 Å². The first-order valence-corrected chi connectivity index (χ1v) is 50.3. The summed E-state index contributed by atoms with van der Waals surface area (Å²) in [7, 11) is 0. The van der Waals surface area contributed by atoms with Gasteiger partial charge in [0.25, 0.3) is 0 Å². The predicted octanol–water partition coefficient (Wildman–Crippen LogP) is 30.0. The van der Waals surface area contributed by atoms with E-state index in [1.54, 1.807) is 0 Å². The van der Waals surface area contributed by atoms with E-state index in [0.717, 1.165) is 103 Å². The van der Waals surface area contributed by atoms with Gasteiger partial charge in [0.15, 0.2) is 0 Å². The third-order valence-corrected chi connectivity index (χ3v) is 34.4. The zero-order chi connectivity index (χ0) is 90.7. The third-order valence-electron chi connectivity index (χ3n) is 34.4. The van der Waals surface area contributed by atoms with E-state index in [2.05, 4.69) is 341 Å². The summed E-state index contributed by atoms with van der Waals surface area (Å²) in [4.78, 5) is 29.8. The second-order valence-corrected chi connectivity index (χ2v) is 41.3. The van der Waals surface area contributed by atoms with E-state index in [0.29, 0.717) is 0 Å². The molecule has 12 heterocycles. The summed E-state index contributed by atoms with van der Waals surface area (Å²) >= 11 is 0. The van der Waals surface area contributed by atoms with Gasteiger partial charge in [0.2, 0.25) is 0 Å². The molecule has 0 atom stereocenters. The minimum Gasteiger partial charge on any atom is -0.309 e. The molecule has 16 aliphatic rings. The second kappa shape index (κ2) is 28.5. The molecule has 16 aromatic carbocycles. The molecule has 8 nitrogen and oxygen atoms in total. The van der Waals surface area contributed by atoms with E-state index >= 15 is 0 Å². The van der Waals surface area contributed by atoms with Crippen molar-refractivity contribution in [2.45, 2.75) is 103 Å². The van der Waals surface area contributed by atoms with Crippen molar-refractivity contribution in [2.24, 2.45) is 0 Å². The summed E-state index contributed by atoms with van der Waals surface area (Å²) in [5.74, 6) is 0. The van der Waals surface area contributed by atoms with Gasteiger partial charge < -0.3 is 19.6 Å². The molecule has 8 aliphatic carbocycles. The molecule has 0 amide bonds. The van der Waals surface area contributed by atoms with Crippen LogP contribution in [0.4, 0.5) is 68.2 Å². The highest BCUT2D eigenvalue weighted by molar-refractivity contribution is 6.04. The largest absolute Gasteiger partial charge is 0.309 e. The van der Waals surface area contributed by atoms with Crippen molar-refractivity contribution in [1.82, 2.24) is 19.9 Å². The normalized spacial score (nSPS) is 14.9. The second-order valence-electron chi connectivity index (χ2n) is 41.3. The SMILES string of the molecule is c1ccc2c(c1)Cc1c-2ccc2c1Cc1ccnc3c1N2c1c(ccc2c1Cc1ccccc1-2)C3.c1ccc2c(c1)Cc1c-2ccc2c1Cc1cncc3c1N2c1c(ccc2c1Cc1ccccc1-2)C3.c1ccc2c(c1)Cc1c-2ccc2c1Cc1nccc3c1N2c1c(ccc2c1Cc1ccccc1-2)C3.c1ccc2c(c1)Cc1c-2ccc2c1N1c3ccc4c(c3Cc3nccc(c31)C2)-c1ccccc1C4. The number of pyridine rings is 4. The maximum atomic E-state index is 4.96. The molecule has 8 aliphatic heterocycles. The number of rotatable bonds is 0. The molecule has 0 saturated heterocycles. The Hall–Kier alpha value is -16.7. The fourth-order valence-corrected chi connectivity index (χ4v) is 28.6. The lowest BCUT2D eigenvalue weighted by Crippen LogP contribution is -2.27. The lowest BCUT2D eigenvalue weighted by atomic mass is 9.83. The molecule has 0 unspecified atom stereocenters. The molecule has 0 spiro atoms. The fraction of sp³-hybridized carbons (Fsp3) is 0.121. The Morgan fingerprint density at radius 3 is 0.764 bits per heavy atom. The Labute approximate surface area is 812 Å². The smallest absolute Gasteiger partial charge is 0.0716 e. The molecular formula is C132H88N8. The van der Waals surface area contributed by atoms with Crippen molar-refractivity contribution in [3.63, 3.8) is 0 Å². The number of fused-ring (bicyclic) bond motifs is 48. The van der Waals surface area contributed by atoms with Crippen molar-refractivity contribution < 1.29 is 0 Å². The first kappa shape index (κ1) is 76.5. The molecule has 140 heavy (non-hydrogen) atoms. The molecular weight excluding hydrogens is 1700 g/mol. The van der Waals surface area contributed by atoms with Crippen LogP contribution in [0.25, 0.3) is 89.0 Å². The van der Waals surface area contributed by atoms with Gasteiger partial charge in [-0.15, -0.1) is 0 Å². The zero-order valence-corrected chi connectivity index (χ0v) is 77.2. The Kier molecular flexibility index (Phi) is 15.6. The highest BCUT2D eigenvalue weighted by Gasteiger charge is 2.46. The topological polar surface area (TPSA) is 64.5 Å². The van der Waals surface area contributed by atoms with Gasteiger partial charge in [0.05, 0.1) is 85.3 Å². The van der Waals surface area contributed by atoms with Crippen LogP contribution in [0.1, 0.15) is 178 Å². The molecule has 36 rings (SSSR count). The van der Waals surface area contributed by atoms with E-state index in [4.69, 9.17) is 19.9 Å². The van der Waals surface area contributed by atoms with E-state index in [-0.39, 0.29) is 0 Å². The number of aromatic nitrogens is 4. The molecule has 0 radical (unpaired) electrons. The van der Waals surface area contributed by atoms with Crippen LogP contribution < -0.4 is 19.6 Å². The molecule has 8 heteroatoms. The van der Waals surface area contributed by atoms with Crippen molar-refractivity contribution in [3.05, 3.63) is 519 Å². The monoisotopic (exact) mass is 1780 g/mol. The van der Waals surface area contributed by atoms with Gasteiger partial charge in [0.1, 0.15) is 0 Å². The summed E-state index contributed by atoms with van der Waals surface area (Å²) in [6, 6.07) is 116. The first-order chi connectivity index (χ1) is 69.4. The number of hydrogen-bond donors (Lipinski definition) is 0. The third kappa shape index (κ3) is 10.6. The van der Waals surface area contributed by atoms with Crippen LogP contribution in [0.15, 0.2) is 340 Å². The summed E-state index contributed by atoms with van der Waals surface area (Å²) in [6.45, 7) is 0. The molecule has 0 fully saturated rings. The van der Waals surface area contributed by atoms with Crippen LogP contribution in [0.3, 0.4) is 0 Å². The Morgan fingerprint density at radius 2 is 0.379 bits per heavy atom. The standard InChI is InChI=1S/4C33H22N2/c1-3-7-24-20(6-1)17-27-26(24)11-9-22-16-23-13-14-34-29-18-28-30(35(32(22)27)33(23)29)12-10-21-15-19-5-2-4-8-25(19)31(21)28;1-3-7-24-19(5-1)14-28-26(24)11-12-31-29(28)16-23-18-34-17-22-13-21-9-10-27-25-8-4-2-6-20(25)15-30(27)33(21)35(31)32(22)23;1-3-7-23-19(5-1)16-27-25(23)11-12-31-28(27)18-30-33-22(13-14-34-30)15-21-9-10-26-24-8-4-2-6-20(24)17-29(26)32(21)35(31)33;1-3-7-23-19(5-1)15-27-25(23)11-12-31-28(27)17-22-13-14-34-30-18-21-9-10-26-24-8-4-2-6-20(24)16-29(26)32(21)35(31)33(22)30/h1-14H,15-18H2;1-12,17-18H,13-16H2;2*1-14H,15-18H2. The van der Waals surface area contributed by atoms with Gasteiger partial charge >= 0.3 is 0 Å². The van der Waals surface area contributed by atoms with Crippen molar-refractivity contribution in [2.75, 3.05) is 19.6 Å². The summed E-state index contributed by atoms with van der Waals surface area (Å²) in [5.41, 5.74) is 84.3. The summed E-state index contributed by atoms with van der Waals surface area (Å²) in [6.07, 6.45) is 25.9. The highest BCUT2D eigenvalue weighted by atomic mass is 15.2. The van der Waals surface area contributed by atoms with Crippen LogP contribution in [0.2, 0.25) is 0 Å². The Balaban J connectivity index is 0.0000000829. The van der Waals surface area contributed by atoms with Gasteiger partial charge in [-0.3, -0.25) is 19.9 Å². The van der Waals surface area contributed by atoms with E-state index in [1.807, 2.05) is 18.6 Å². The minimum absolute atomic E-state index is 0.900. The van der Waals surface area contributed by atoms with Crippen molar-refractivity contribution >= 4 is 68.2 Å². The fourth-order valence-electron chi connectivity index (χ4n) is 28.6. The number of nitrogens with zero attached hydrogens (tertiary/aromatic N) is 8. The maximum absolute atomic E-state index is 4.96.